The molecule has 0 bridgehead atoms. The van der Waals surface area contributed by atoms with Crippen LogP contribution in [0.2, 0.25) is 0 Å². The van der Waals surface area contributed by atoms with Gasteiger partial charge in [0.15, 0.2) is 0 Å². The third kappa shape index (κ3) is 4.61. The van der Waals surface area contributed by atoms with E-state index in [1.807, 2.05) is 19.1 Å². The molecular formula is C14H22N2OS. The van der Waals surface area contributed by atoms with Crippen LogP contribution in [0.4, 0.5) is 11.4 Å². The second-order valence-electron chi connectivity index (χ2n) is 4.88. The monoisotopic (exact) mass is 266 g/mol. The van der Waals surface area contributed by atoms with Crippen LogP contribution in [0.25, 0.3) is 0 Å². The molecule has 1 aromatic rings. The van der Waals surface area contributed by atoms with E-state index in [-0.39, 0.29) is 5.91 Å². The van der Waals surface area contributed by atoms with E-state index in [9.17, 15) is 4.79 Å². The molecule has 0 heterocycles. The number of amides is 1. The minimum Gasteiger partial charge on any atom is -0.399 e. The van der Waals surface area contributed by atoms with Crippen molar-refractivity contribution in [3.05, 3.63) is 23.8 Å². The number of rotatable bonds is 5. The molecular weight excluding hydrogens is 244 g/mol. The highest BCUT2D eigenvalue weighted by Crippen LogP contribution is 2.21. The lowest BCUT2D eigenvalue weighted by molar-refractivity contribution is -0.113. The van der Waals surface area contributed by atoms with Gasteiger partial charge in [-0.1, -0.05) is 26.8 Å². The summed E-state index contributed by atoms with van der Waals surface area (Å²) in [7, 11) is 0. The molecule has 0 radical (unpaired) electrons. The number of carbonyl (C=O) groups excluding carboxylic acids is 1. The van der Waals surface area contributed by atoms with Crippen molar-refractivity contribution in [2.45, 2.75) is 32.9 Å². The highest BCUT2D eigenvalue weighted by molar-refractivity contribution is 8.00. The lowest BCUT2D eigenvalue weighted by Gasteiger charge is -2.15. The summed E-state index contributed by atoms with van der Waals surface area (Å²) in [4.78, 5) is 11.8. The first-order valence-corrected chi connectivity index (χ1v) is 7.22. The summed E-state index contributed by atoms with van der Waals surface area (Å²) in [6, 6.07) is 5.54. The quantitative estimate of drug-likeness (QED) is 0.804. The lowest BCUT2D eigenvalue weighted by atomic mass is 10.2. The molecule has 0 saturated carbocycles. The number of carbonyl (C=O) groups is 1. The predicted molar refractivity (Wildman–Crippen MR) is 81.0 cm³/mol. The predicted octanol–water partition coefficient (Wildman–Crippen LogP) is 3.29. The van der Waals surface area contributed by atoms with Crippen LogP contribution >= 0.6 is 11.8 Å². The first-order valence-electron chi connectivity index (χ1n) is 6.17. The van der Waals surface area contributed by atoms with E-state index in [4.69, 9.17) is 5.73 Å². The smallest absolute Gasteiger partial charge is 0.234 e. The zero-order valence-corrected chi connectivity index (χ0v) is 12.3. The molecule has 1 aromatic carbocycles. The van der Waals surface area contributed by atoms with Crippen molar-refractivity contribution in [1.29, 1.82) is 0 Å². The number of nitrogen functional groups attached to an aromatic ring is 1. The van der Waals surface area contributed by atoms with Gasteiger partial charge >= 0.3 is 0 Å². The molecule has 0 fully saturated rings. The van der Waals surface area contributed by atoms with Gasteiger partial charge in [0.05, 0.1) is 5.75 Å². The average Bonchev–Trinajstić information content (AvgIpc) is 2.30. The second kappa shape index (κ2) is 6.69. The van der Waals surface area contributed by atoms with Crippen molar-refractivity contribution in [1.82, 2.24) is 0 Å². The second-order valence-corrected chi connectivity index (χ2v) is 6.25. The van der Waals surface area contributed by atoms with E-state index in [2.05, 4.69) is 26.1 Å². The Morgan fingerprint density at radius 1 is 1.39 bits per heavy atom. The number of hydrogen-bond acceptors (Lipinski definition) is 3. The Labute approximate surface area is 114 Å². The molecule has 1 unspecified atom stereocenters. The Morgan fingerprint density at radius 2 is 2.06 bits per heavy atom. The fourth-order valence-electron chi connectivity index (χ4n) is 1.36. The van der Waals surface area contributed by atoms with Crippen molar-refractivity contribution >= 4 is 29.0 Å². The van der Waals surface area contributed by atoms with Crippen LogP contribution in [0.1, 0.15) is 26.3 Å². The Hall–Kier alpha value is -1.16. The minimum absolute atomic E-state index is 0.0289. The van der Waals surface area contributed by atoms with Crippen molar-refractivity contribution in [3.63, 3.8) is 0 Å². The Morgan fingerprint density at radius 3 is 2.67 bits per heavy atom. The van der Waals surface area contributed by atoms with Gasteiger partial charge in [-0.05, 0) is 30.5 Å². The zero-order valence-electron chi connectivity index (χ0n) is 11.5. The molecule has 18 heavy (non-hydrogen) atoms. The van der Waals surface area contributed by atoms with E-state index < -0.39 is 0 Å². The van der Waals surface area contributed by atoms with E-state index in [0.717, 1.165) is 11.3 Å². The van der Waals surface area contributed by atoms with Crippen LogP contribution in [0.3, 0.4) is 0 Å². The van der Waals surface area contributed by atoms with Crippen LogP contribution in [-0.2, 0) is 4.79 Å². The Kier molecular flexibility index (Phi) is 5.54. The molecule has 0 spiro atoms. The summed E-state index contributed by atoms with van der Waals surface area (Å²) < 4.78 is 0. The van der Waals surface area contributed by atoms with E-state index in [1.165, 1.54) is 0 Å². The van der Waals surface area contributed by atoms with Crippen molar-refractivity contribution in [2.24, 2.45) is 5.92 Å². The largest absolute Gasteiger partial charge is 0.399 e. The number of hydrogen-bond donors (Lipinski definition) is 2. The molecule has 3 nitrogen and oxygen atoms in total. The number of nitrogens with one attached hydrogen (secondary N) is 1. The van der Waals surface area contributed by atoms with E-state index >= 15 is 0 Å². The SMILES string of the molecule is Cc1ccc(N)cc1NC(=O)CSC(C)C(C)C. The summed E-state index contributed by atoms with van der Waals surface area (Å²) in [5.41, 5.74) is 8.21. The fourth-order valence-corrected chi connectivity index (χ4v) is 2.23. The van der Waals surface area contributed by atoms with E-state index in [0.29, 0.717) is 22.6 Å². The van der Waals surface area contributed by atoms with Gasteiger partial charge in [-0.3, -0.25) is 4.79 Å². The van der Waals surface area contributed by atoms with Gasteiger partial charge in [-0.25, -0.2) is 0 Å². The highest BCUT2D eigenvalue weighted by Gasteiger charge is 2.11. The maximum atomic E-state index is 11.8. The van der Waals surface area contributed by atoms with Crippen LogP contribution in [0.5, 0.6) is 0 Å². The molecule has 1 atom stereocenters. The van der Waals surface area contributed by atoms with Crippen molar-refractivity contribution in [2.75, 3.05) is 16.8 Å². The van der Waals surface area contributed by atoms with Gasteiger partial charge in [0.2, 0.25) is 5.91 Å². The normalized spacial score (nSPS) is 12.5. The molecule has 100 valence electrons. The van der Waals surface area contributed by atoms with Gasteiger partial charge in [0, 0.05) is 16.6 Å². The topological polar surface area (TPSA) is 55.1 Å². The average molecular weight is 266 g/mol. The molecule has 0 aliphatic rings. The molecule has 0 aliphatic heterocycles. The molecule has 4 heteroatoms. The van der Waals surface area contributed by atoms with Gasteiger partial charge in [0.25, 0.3) is 0 Å². The first kappa shape index (κ1) is 14.9. The number of thioether (sulfide) groups is 1. The molecule has 0 aliphatic carbocycles. The highest BCUT2D eigenvalue weighted by atomic mass is 32.2. The Balaban J connectivity index is 2.52. The first-order chi connectivity index (χ1) is 8.40. The summed E-state index contributed by atoms with van der Waals surface area (Å²) >= 11 is 1.68. The van der Waals surface area contributed by atoms with Crippen LogP contribution in [0.15, 0.2) is 18.2 Å². The minimum atomic E-state index is 0.0289. The number of benzene rings is 1. The van der Waals surface area contributed by atoms with Crippen molar-refractivity contribution in [3.8, 4) is 0 Å². The lowest BCUT2D eigenvalue weighted by Crippen LogP contribution is -2.18. The third-order valence-corrected chi connectivity index (χ3v) is 4.45. The maximum Gasteiger partial charge on any atom is 0.234 e. The van der Waals surface area contributed by atoms with Crippen LogP contribution in [-0.4, -0.2) is 16.9 Å². The van der Waals surface area contributed by atoms with Gasteiger partial charge in [-0.2, -0.15) is 0 Å². The number of aryl methyl sites for hydroxylation is 1. The Bertz CT molecular complexity index is 418. The maximum absolute atomic E-state index is 11.8. The van der Waals surface area contributed by atoms with Crippen LogP contribution in [0, 0.1) is 12.8 Å². The molecule has 0 aromatic heterocycles. The summed E-state index contributed by atoms with van der Waals surface area (Å²) in [6.07, 6.45) is 0. The number of anilines is 2. The fraction of sp³-hybridized carbons (Fsp3) is 0.500. The molecule has 3 N–H and O–H groups in total. The molecule has 1 amide bonds. The van der Waals surface area contributed by atoms with Crippen LogP contribution < -0.4 is 11.1 Å². The van der Waals surface area contributed by atoms with Gasteiger partial charge in [-0.15, -0.1) is 11.8 Å². The van der Waals surface area contributed by atoms with Gasteiger partial charge in [0.1, 0.15) is 0 Å². The standard InChI is InChI=1S/C14H22N2OS/c1-9(2)11(4)18-8-14(17)16-13-7-12(15)6-5-10(13)3/h5-7,9,11H,8,15H2,1-4H3,(H,16,17). The molecule has 1 rings (SSSR count). The summed E-state index contributed by atoms with van der Waals surface area (Å²) in [5.74, 6) is 1.09. The van der Waals surface area contributed by atoms with Gasteiger partial charge < -0.3 is 11.1 Å². The third-order valence-electron chi connectivity index (χ3n) is 2.95. The summed E-state index contributed by atoms with van der Waals surface area (Å²) in [5, 5.41) is 3.39. The summed E-state index contributed by atoms with van der Waals surface area (Å²) in [6.45, 7) is 8.43. The zero-order chi connectivity index (χ0) is 13.7. The van der Waals surface area contributed by atoms with Crippen molar-refractivity contribution < 1.29 is 4.79 Å². The number of nitrogens with two attached hydrogens (primary N) is 1. The molecule has 0 saturated heterocycles. The van der Waals surface area contributed by atoms with E-state index in [1.54, 1.807) is 17.8 Å².